The fraction of sp³-hybridized carbons (Fsp3) is 0.409. The van der Waals surface area contributed by atoms with Crippen molar-refractivity contribution in [3.63, 3.8) is 0 Å². The number of aromatic nitrogens is 4. The Hall–Kier alpha value is -3.15. The van der Waals surface area contributed by atoms with E-state index < -0.39 is 17.0 Å². The van der Waals surface area contributed by atoms with Crippen LogP contribution in [-0.2, 0) is 7.05 Å². The first-order valence-electron chi connectivity index (χ1n) is 11.3. The average molecular weight is 531 g/mol. The molecule has 0 atom stereocenters. The molecule has 188 valence electrons. The van der Waals surface area contributed by atoms with Crippen molar-refractivity contribution in [3.05, 3.63) is 36.3 Å². The van der Waals surface area contributed by atoms with E-state index in [0.717, 1.165) is 42.6 Å². The van der Waals surface area contributed by atoms with Crippen molar-refractivity contribution in [2.45, 2.75) is 29.7 Å². The maximum Gasteiger partial charge on any atom is 0.285 e. The lowest BCUT2D eigenvalue weighted by molar-refractivity contribution is 0.228. The van der Waals surface area contributed by atoms with Crippen LogP contribution >= 0.6 is 23.7 Å². The fourth-order valence-corrected chi connectivity index (χ4v) is 5.50. The van der Waals surface area contributed by atoms with Gasteiger partial charge in [0.2, 0.25) is 5.95 Å². The number of halogens is 2. The van der Waals surface area contributed by atoms with E-state index in [1.54, 1.807) is 10.7 Å². The number of pyridine rings is 1. The Labute approximate surface area is 214 Å². The molecule has 1 aliphatic carbocycles. The van der Waals surface area contributed by atoms with Crippen molar-refractivity contribution < 1.29 is 8.78 Å². The average Bonchev–Trinajstić information content (AvgIpc) is 3.32. The molecule has 1 aliphatic heterocycles. The highest BCUT2D eigenvalue weighted by molar-refractivity contribution is 8.26. The van der Waals surface area contributed by atoms with Gasteiger partial charge < -0.3 is 14.4 Å². The van der Waals surface area contributed by atoms with E-state index in [2.05, 4.69) is 30.7 Å². The van der Waals surface area contributed by atoms with Crippen LogP contribution in [0.15, 0.2) is 35.6 Å². The number of nitrogens with zero attached hydrogens (tertiary/aromatic N) is 7. The fourth-order valence-electron chi connectivity index (χ4n) is 4.03. The normalized spacial score (nSPS) is 17.0. The third-order valence-electron chi connectivity index (χ3n) is 6.24. The van der Waals surface area contributed by atoms with Gasteiger partial charge in [0.1, 0.15) is 21.4 Å². The number of piperazine rings is 1. The number of nitriles is 1. The molecule has 3 aromatic rings. The number of rotatable bonds is 7. The Kier molecular flexibility index (Phi) is 6.62. The van der Waals surface area contributed by atoms with Crippen LogP contribution in [0.25, 0.3) is 5.52 Å². The molecule has 3 N–H and O–H groups in total. The van der Waals surface area contributed by atoms with Gasteiger partial charge in [0.25, 0.3) is 6.43 Å². The number of imidazole rings is 1. The van der Waals surface area contributed by atoms with Gasteiger partial charge in [-0.15, -0.1) is 0 Å². The van der Waals surface area contributed by atoms with Crippen molar-refractivity contribution in [2.24, 2.45) is 7.05 Å². The first kappa shape index (κ1) is 24.5. The molecule has 5 rings (SSSR count). The van der Waals surface area contributed by atoms with Crippen LogP contribution in [0.5, 0.6) is 0 Å². The molecule has 2 fully saturated rings. The van der Waals surface area contributed by atoms with Gasteiger partial charge in [-0.1, -0.05) is 0 Å². The summed E-state index contributed by atoms with van der Waals surface area (Å²) < 4.78 is 32.8. The highest BCUT2D eigenvalue weighted by atomic mass is 32.2. The van der Waals surface area contributed by atoms with E-state index >= 15 is 0 Å². The molecule has 0 radical (unpaired) electrons. The van der Waals surface area contributed by atoms with Crippen molar-refractivity contribution in [1.29, 1.82) is 16.1 Å². The van der Waals surface area contributed by atoms with Crippen LogP contribution in [0.3, 0.4) is 0 Å². The van der Waals surface area contributed by atoms with E-state index in [4.69, 9.17) is 10.8 Å². The van der Waals surface area contributed by atoms with Gasteiger partial charge in [-0.2, -0.15) is 10.4 Å². The summed E-state index contributed by atoms with van der Waals surface area (Å²) in [6.45, 7) is 2.93. The maximum absolute atomic E-state index is 12.9. The lowest BCUT2D eigenvalue weighted by atomic mass is 10.2. The van der Waals surface area contributed by atoms with Crippen LogP contribution in [0.2, 0.25) is 0 Å². The minimum atomic E-state index is -2.93. The number of alkyl halides is 2. The number of hydrogen-bond acceptors (Lipinski definition) is 10. The molecule has 14 heteroatoms. The molecule has 3 aromatic heterocycles. The van der Waals surface area contributed by atoms with E-state index in [9.17, 15) is 14.0 Å². The molecular formula is C22H24F2N10S2. The van der Waals surface area contributed by atoms with Gasteiger partial charge in [-0.3, -0.25) is 10.8 Å². The minimum absolute atomic E-state index is 0.161. The summed E-state index contributed by atoms with van der Waals surface area (Å²) >= 11 is 1.77. The third kappa shape index (κ3) is 4.78. The van der Waals surface area contributed by atoms with E-state index in [-0.39, 0.29) is 5.04 Å². The monoisotopic (exact) mass is 530 g/mol. The Bertz CT molecular complexity index is 1350. The van der Waals surface area contributed by atoms with Crippen LogP contribution < -0.4 is 14.5 Å². The van der Waals surface area contributed by atoms with Crippen molar-refractivity contribution in [2.75, 3.05) is 36.0 Å². The Morgan fingerprint density at radius 1 is 1.19 bits per heavy atom. The molecule has 1 saturated heterocycles. The molecule has 10 nitrogen and oxygen atoms in total. The van der Waals surface area contributed by atoms with Gasteiger partial charge in [-0.25, -0.2) is 23.0 Å². The summed E-state index contributed by atoms with van der Waals surface area (Å²) in [6.07, 6.45) is 3.82. The van der Waals surface area contributed by atoms with Crippen molar-refractivity contribution in [1.82, 2.24) is 23.9 Å². The molecule has 2 aliphatic rings. The summed E-state index contributed by atoms with van der Waals surface area (Å²) in [5, 5.41) is 28.7. The second-order valence-electron chi connectivity index (χ2n) is 8.71. The van der Waals surface area contributed by atoms with Crippen LogP contribution in [0, 0.1) is 22.1 Å². The zero-order valence-electron chi connectivity index (χ0n) is 19.4. The highest BCUT2D eigenvalue weighted by Crippen LogP contribution is 2.38. The van der Waals surface area contributed by atoms with Crippen molar-refractivity contribution in [3.8, 4) is 6.07 Å². The van der Waals surface area contributed by atoms with E-state index in [1.807, 2.05) is 29.9 Å². The van der Waals surface area contributed by atoms with Gasteiger partial charge in [0.05, 0.1) is 23.3 Å². The molecule has 36 heavy (non-hydrogen) atoms. The van der Waals surface area contributed by atoms with Crippen LogP contribution in [0.4, 0.5) is 20.5 Å². The van der Waals surface area contributed by atoms with E-state index in [1.165, 1.54) is 18.1 Å². The molecule has 4 heterocycles. The lowest BCUT2D eigenvalue weighted by Gasteiger charge is -2.36. The largest absolute Gasteiger partial charge is 0.353 e. The second kappa shape index (κ2) is 9.72. The highest BCUT2D eigenvalue weighted by Gasteiger charge is 2.43. The predicted octanol–water partition coefficient (Wildman–Crippen LogP) is 3.35. The molecule has 0 aromatic carbocycles. The molecule has 0 unspecified atom stereocenters. The third-order valence-corrected chi connectivity index (χ3v) is 8.03. The molecule has 0 spiro atoms. The standard InChI is InChI=1S/C22H24F2N10S2/c1-31-5-4-28-21(31)33-8-6-32(7-9-33)17-11-14(36-30-22(13-25)2-3-22)10-16-15(12-29-34(16)17)19(26)35-20(27)18(23)24/h4-5,10-12,18,26-27,30H,2-3,6-9H2,1H3. The number of thioether (sulfide) groups is 1. The number of aryl methyl sites for hydroxylation is 1. The minimum Gasteiger partial charge on any atom is -0.353 e. The Morgan fingerprint density at radius 3 is 2.53 bits per heavy atom. The van der Waals surface area contributed by atoms with E-state index in [0.29, 0.717) is 35.9 Å². The summed E-state index contributed by atoms with van der Waals surface area (Å²) in [6, 6.07) is 6.14. The first-order chi connectivity index (χ1) is 17.3. The van der Waals surface area contributed by atoms with Crippen LogP contribution in [0.1, 0.15) is 18.4 Å². The van der Waals surface area contributed by atoms with Gasteiger partial charge in [-0.05, 0) is 48.7 Å². The summed E-state index contributed by atoms with van der Waals surface area (Å²) in [7, 11) is 1.96. The number of fused-ring (bicyclic) bond motifs is 1. The van der Waals surface area contributed by atoms with Crippen molar-refractivity contribution >= 4 is 51.1 Å². The summed E-state index contributed by atoms with van der Waals surface area (Å²) in [5.74, 6) is 1.72. The second-order valence-corrected chi connectivity index (χ2v) is 10.6. The number of nitrogens with one attached hydrogen (secondary N) is 3. The maximum atomic E-state index is 12.9. The topological polar surface area (TPSA) is 125 Å². The molecule has 0 amide bonds. The Morgan fingerprint density at radius 2 is 1.92 bits per heavy atom. The van der Waals surface area contributed by atoms with Gasteiger partial charge in [0, 0.05) is 50.5 Å². The smallest absolute Gasteiger partial charge is 0.285 e. The molecular weight excluding hydrogens is 506 g/mol. The predicted molar refractivity (Wildman–Crippen MR) is 138 cm³/mol. The Balaban J connectivity index is 1.44. The molecule has 0 bridgehead atoms. The number of anilines is 2. The van der Waals surface area contributed by atoms with Crippen LogP contribution in [-0.4, -0.2) is 67.4 Å². The van der Waals surface area contributed by atoms with Gasteiger partial charge >= 0.3 is 0 Å². The quantitative estimate of drug-likeness (QED) is 0.241. The zero-order chi connectivity index (χ0) is 25.4. The SMILES string of the molecule is Cn1ccnc1N1CCN(c2cc(SNC3(C#N)CC3)cc3c(C(=N)SC(=N)C(F)F)cnn23)CC1. The summed E-state index contributed by atoms with van der Waals surface area (Å²) in [5.41, 5.74) is 0.440. The molecule has 1 saturated carbocycles. The number of hydrogen-bond donors (Lipinski definition) is 3. The zero-order valence-corrected chi connectivity index (χ0v) is 21.0. The summed E-state index contributed by atoms with van der Waals surface area (Å²) in [4.78, 5) is 9.68. The van der Waals surface area contributed by atoms with Gasteiger partial charge in [0.15, 0.2) is 0 Å². The first-order valence-corrected chi connectivity index (χ1v) is 12.9. The lowest BCUT2D eigenvalue weighted by Crippen LogP contribution is -2.48.